The maximum atomic E-state index is 12.9. The van der Waals surface area contributed by atoms with Crippen LogP contribution in [0.4, 0.5) is 0 Å². The Morgan fingerprint density at radius 2 is 1.87 bits per heavy atom. The van der Waals surface area contributed by atoms with Crippen molar-refractivity contribution in [1.82, 2.24) is 9.88 Å². The molecule has 2 aromatic carbocycles. The van der Waals surface area contributed by atoms with Crippen LogP contribution in [0.25, 0.3) is 17.4 Å². The summed E-state index contributed by atoms with van der Waals surface area (Å²) in [7, 11) is 0. The zero-order valence-corrected chi connectivity index (χ0v) is 18.4. The Balaban J connectivity index is 1.52. The molecule has 0 spiro atoms. The predicted octanol–water partition coefficient (Wildman–Crippen LogP) is 6.60. The highest BCUT2D eigenvalue weighted by Gasteiger charge is 2.34. The van der Waals surface area contributed by atoms with E-state index in [1.54, 1.807) is 30.5 Å². The van der Waals surface area contributed by atoms with E-state index in [-0.39, 0.29) is 11.3 Å². The third-order valence-corrected chi connectivity index (χ3v) is 5.87. The van der Waals surface area contributed by atoms with Crippen LogP contribution in [-0.4, -0.2) is 28.9 Å². The molecule has 1 aliphatic heterocycles. The summed E-state index contributed by atoms with van der Waals surface area (Å²) in [4.78, 5) is 19.2. The van der Waals surface area contributed by atoms with E-state index in [1.165, 1.54) is 5.57 Å². The van der Waals surface area contributed by atoms with E-state index in [1.807, 2.05) is 35.2 Å². The van der Waals surface area contributed by atoms with E-state index < -0.39 is 0 Å². The average molecular weight is 441 g/mol. The van der Waals surface area contributed by atoms with Gasteiger partial charge in [-0.25, -0.2) is 4.98 Å². The lowest BCUT2D eigenvalue weighted by Gasteiger charge is -2.40. The molecule has 0 unspecified atom stereocenters. The minimum atomic E-state index is -0.197. The van der Waals surface area contributed by atoms with Crippen LogP contribution in [-0.2, 0) is 0 Å². The fraction of sp³-hybridized carbons (Fsp3) is 0.250. The molecule has 0 N–H and O–H groups in total. The number of benzene rings is 2. The van der Waals surface area contributed by atoms with Crippen LogP contribution < -0.4 is 0 Å². The summed E-state index contributed by atoms with van der Waals surface area (Å²) in [6.07, 6.45) is 4.46. The van der Waals surface area contributed by atoms with Gasteiger partial charge in [-0.2, -0.15) is 0 Å². The number of rotatable bonds is 3. The Morgan fingerprint density at radius 3 is 2.57 bits per heavy atom. The van der Waals surface area contributed by atoms with Gasteiger partial charge in [0.15, 0.2) is 5.76 Å². The van der Waals surface area contributed by atoms with Crippen molar-refractivity contribution in [3.63, 3.8) is 0 Å². The monoisotopic (exact) mass is 440 g/mol. The smallest absolute Gasteiger partial charge is 0.253 e. The maximum absolute atomic E-state index is 12.9. The molecule has 30 heavy (non-hydrogen) atoms. The van der Waals surface area contributed by atoms with Gasteiger partial charge in [0.2, 0.25) is 5.89 Å². The molecular weight excluding hydrogens is 419 g/mol. The van der Waals surface area contributed by atoms with Crippen LogP contribution in [0.2, 0.25) is 10.0 Å². The van der Waals surface area contributed by atoms with Crippen molar-refractivity contribution >= 4 is 35.2 Å². The fourth-order valence-electron chi connectivity index (χ4n) is 3.78. The van der Waals surface area contributed by atoms with Gasteiger partial charge in [-0.3, -0.25) is 4.79 Å². The van der Waals surface area contributed by atoms with Gasteiger partial charge in [-0.15, -0.1) is 0 Å². The second-order valence-corrected chi connectivity index (χ2v) is 8.99. The summed E-state index contributed by atoms with van der Waals surface area (Å²) in [5.74, 6) is 1.24. The zero-order valence-electron chi connectivity index (χ0n) is 16.9. The van der Waals surface area contributed by atoms with Crippen LogP contribution in [0, 0.1) is 5.41 Å². The maximum Gasteiger partial charge on any atom is 0.253 e. The first-order valence-electron chi connectivity index (χ1n) is 9.79. The Morgan fingerprint density at radius 1 is 1.13 bits per heavy atom. The highest BCUT2D eigenvalue weighted by Crippen LogP contribution is 2.36. The van der Waals surface area contributed by atoms with Crippen LogP contribution in [0.5, 0.6) is 0 Å². The highest BCUT2D eigenvalue weighted by atomic mass is 35.5. The van der Waals surface area contributed by atoms with E-state index in [0.29, 0.717) is 40.3 Å². The summed E-state index contributed by atoms with van der Waals surface area (Å²) in [6, 6.07) is 14.6. The molecule has 1 amide bonds. The van der Waals surface area contributed by atoms with Gasteiger partial charge in [0.05, 0.1) is 6.20 Å². The van der Waals surface area contributed by atoms with E-state index >= 15 is 0 Å². The van der Waals surface area contributed by atoms with Gasteiger partial charge < -0.3 is 9.32 Å². The molecule has 3 aromatic rings. The molecular formula is C24H22Cl2N2O2. The number of amides is 1. The average Bonchev–Trinajstić information content (AvgIpc) is 3.17. The van der Waals surface area contributed by atoms with Gasteiger partial charge in [0.25, 0.3) is 5.91 Å². The number of hydrogen-bond donors (Lipinski definition) is 0. The molecule has 154 valence electrons. The number of nitrogens with zero attached hydrogens (tertiary/aromatic N) is 2. The van der Waals surface area contributed by atoms with Gasteiger partial charge in [-0.1, -0.05) is 60.8 Å². The lowest BCUT2D eigenvalue weighted by molar-refractivity contribution is 0.0664. The van der Waals surface area contributed by atoms with Crippen molar-refractivity contribution in [2.45, 2.75) is 20.3 Å². The Hall–Kier alpha value is -2.56. The Bertz CT molecular complexity index is 1120. The van der Waals surface area contributed by atoms with E-state index in [4.69, 9.17) is 27.6 Å². The molecule has 4 nitrogen and oxygen atoms in total. The Labute approximate surface area is 186 Å². The van der Waals surface area contributed by atoms with Crippen molar-refractivity contribution in [2.24, 2.45) is 5.41 Å². The van der Waals surface area contributed by atoms with E-state index in [9.17, 15) is 4.79 Å². The lowest BCUT2D eigenvalue weighted by atomic mass is 9.78. The summed E-state index contributed by atoms with van der Waals surface area (Å²) < 4.78 is 5.94. The number of oxazole rings is 1. The second-order valence-electron chi connectivity index (χ2n) is 8.11. The van der Waals surface area contributed by atoms with Crippen molar-refractivity contribution in [3.8, 4) is 11.3 Å². The minimum absolute atomic E-state index is 0.00370. The van der Waals surface area contributed by atoms with Gasteiger partial charge in [0.1, 0.15) is 0 Å². The molecule has 2 heterocycles. The summed E-state index contributed by atoms with van der Waals surface area (Å²) in [5, 5.41) is 1.22. The van der Waals surface area contributed by atoms with Crippen molar-refractivity contribution in [2.75, 3.05) is 13.1 Å². The lowest BCUT2D eigenvalue weighted by Crippen LogP contribution is -2.44. The molecule has 0 radical (unpaired) electrons. The van der Waals surface area contributed by atoms with Crippen molar-refractivity contribution in [3.05, 3.63) is 81.8 Å². The van der Waals surface area contributed by atoms with Crippen LogP contribution in [0.15, 0.2) is 64.7 Å². The first kappa shape index (κ1) is 20.7. The van der Waals surface area contributed by atoms with Crippen LogP contribution in [0.1, 0.15) is 36.5 Å². The highest BCUT2D eigenvalue weighted by molar-refractivity contribution is 6.31. The number of carbonyl (C=O) groups is 1. The zero-order chi connectivity index (χ0) is 21.3. The molecule has 0 atom stereocenters. The van der Waals surface area contributed by atoms with E-state index in [2.05, 4.69) is 18.8 Å². The molecule has 0 saturated carbocycles. The number of piperidine rings is 1. The van der Waals surface area contributed by atoms with Crippen LogP contribution in [0.3, 0.4) is 0 Å². The fourth-order valence-corrected chi connectivity index (χ4v) is 4.16. The largest absolute Gasteiger partial charge is 0.437 e. The summed E-state index contributed by atoms with van der Waals surface area (Å²) >= 11 is 12.1. The number of likely N-dealkylation sites (tertiary alicyclic amines) is 1. The third kappa shape index (κ3) is 4.45. The van der Waals surface area contributed by atoms with Gasteiger partial charge in [0, 0.05) is 45.8 Å². The molecule has 1 saturated heterocycles. The number of halogens is 2. The van der Waals surface area contributed by atoms with Crippen molar-refractivity contribution in [1.29, 1.82) is 0 Å². The standard InChI is InChI=1S/C24H22Cl2N2O2/c1-24(2)15-28(23(29)17-6-4-8-20(26)12-17)10-9-18(24)13-22-27-14-21(30-22)16-5-3-7-19(25)11-16/h3-8,11-14H,9-10,15H2,1-2H3/b18-13+. The molecule has 1 aliphatic rings. The third-order valence-electron chi connectivity index (χ3n) is 5.40. The van der Waals surface area contributed by atoms with Gasteiger partial charge >= 0.3 is 0 Å². The molecule has 1 fully saturated rings. The van der Waals surface area contributed by atoms with Gasteiger partial charge in [-0.05, 0) is 36.8 Å². The molecule has 0 bridgehead atoms. The molecule has 1 aromatic heterocycles. The summed E-state index contributed by atoms with van der Waals surface area (Å²) in [6.45, 7) is 5.53. The number of hydrogen-bond acceptors (Lipinski definition) is 3. The Kier molecular flexibility index (Phi) is 5.72. The number of carbonyl (C=O) groups excluding carboxylic acids is 1. The van der Waals surface area contributed by atoms with E-state index in [0.717, 1.165) is 12.0 Å². The SMILES string of the molecule is CC1(C)CN(C(=O)c2cccc(Cl)c2)CC/C1=C\c1ncc(-c2cccc(Cl)c2)o1. The predicted molar refractivity (Wildman–Crippen MR) is 121 cm³/mol. The first-order chi connectivity index (χ1) is 14.3. The second kappa shape index (κ2) is 8.29. The summed E-state index contributed by atoms with van der Waals surface area (Å²) in [5.41, 5.74) is 2.51. The number of aromatic nitrogens is 1. The van der Waals surface area contributed by atoms with Crippen molar-refractivity contribution < 1.29 is 9.21 Å². The minimum Gasteiger partial charge on any atom is -0.437 e. The quantitative estimate of drug-likeness (QED) is 0.460. The molecule has 4 rings (SSSR count). The topological polar surface area (TPSA) is 46.3 Å². The first-order valence-corrected chi connectivity index (χ1v) is 10.6. The molecule has 6 heteroatoms. The normalized spacial score (nSPS) is 17.3. The van der Waals surface area contributed by atoms with Crippen LogP contribution >= 0.6 is 23.2 Å². The molecule has 0 aliphatic carbocycles.